The van der Waals surface area contributed by atoms with Crippen molar-refractivity contribution in [2.45, 2.75) is 51.1 Å². The van der Waals surface area contributed by atoms with Crippen LogP contribution in [0, 0.1) is 0 Å². The highest BCUT2D eigenvalue weighted by Gasteiger charge is 2.36. The van der Waals surface area contributed by atoms with E-state index < -0.39 is 11.9 Å². The van der Waals surface area contributed by atoms with Crippen molar-refractivity contribution in [2.75, 3.05) is 18.3 Å². The maximum atomic E-state index is 13.9. The van der Waals surface area contributed by atoms with E-state index in [4.69, 9.17) is 18.6 Å². The molecule has 1 saturated carbocycles. The molecule has 1 N–H and O–H groups in total. The first-order valence-corrected chi connectivity index (χ1v) is 12.4. The molecule has 2 amide bonds. The summed E-state index contributed by atoms with van der Waals surface area (Å²) in [5, 5.41) is 3.21. The fraction of sp³-hybridized carbons (Fsp3) is 0.357. The monoisotopic (exact) mass is 490 g/mol. The Morgan fingerprint density at radius 1 is 1.03 bits per heavy atom. The molecule has 0 bridgehead atoms. The van der Waals surface area contributed by atoms with Crippen LogP contribution >= 0.6 is 0 Å². The highest BCUT2D eigenvalue weighted by Crippen LogP contribution is 2.39. The average molecular weight is 491 g/mol. The van der Waals surface area contributed by atoms with Gasteiger partial charge in [0.1, 0.15) is 11.8 Å². The Morgan fingerprint density at radius 3 is 2.53 bits per heavy atom. The molecular formula is C28H30N2O6. The molecule has 8 heteroatoms. The summed E-state index contributed by atoms with van der Waals surface area (Å²) in [5.74, 6) is 1.25. The minimum absolute atomic E-state index is 0.0776. The van der Waals surface area contributed by atoms with Gasteiger partial charge in [-0.1, -0.05) is 31.4 Å². The van der Waals surface area contributed by atoms with Gasteiger partial charge in [-0.25, -0.2) is 0 Å². The van der Waals surface area contributed by atoms with E-state index >= 15 is 0 Å². The fourth-order valence-electron chi connectivity index (χ4n) is 4.80. The molecule has 0 saturated heterocycles. The molecule has 1 aliphatic carbocycles. The van der Waals surface area contributed by atoms with Crippen molar-refractivity contribution in [2.24, 2.45) is 0 Å². The quantitative estimate of drug-likeness (QED) is 0.464. The Kier molecular flexibility index (Phi) is 7.11. The van der Waals surface area contributed by atoms with Crippen LogP contribution in [-0.4, -0.2) is 31.3 Å². The van der Waals surface area contributed by atoms with Gasteiger partial charge in [-0.3, -0.25) is 14.5 Å². The largest absolute Gasteiger partial charge is 0.494 e. The van der Waals surface area contributed by atoms with Crippen LogP contribution in [0.5, 0.6) is 17.2 Å². The second-order valence-electron chi connectivity index (χ2n) is 8.94. The van der Waals surface area contributed by atoms with E-state index in [1.807, 2.05) is 31.2 Å². The van der Waals surface area contributed by atoms with Gasteiger partial charge in [-0.15, -0.1) is 0 Å². The molecule has 2 aliphatic rings. The highest BCUT2D eigenvalue weighted by atomic mass is 16.7. The minimum atomic E-state index is -0.944. The van der Waals surface area contributed by atoms with Crippen LogP contribution in [0.1, 0.15) is 61.2 Å². The molecule has 1 aliphatic heterocycles. The van der Waals surface area contributed by atoms with E-state index in [1.165, 1.54) is 17.6 Å². The molecule has 188 valence electrons. The minimum Gasteiger partial charge on any atom is -0.494 e. The molecule has 0 radical (unpaired) electrons. The lowest BCUT2D eigenvalue weighted by Gasteiger charge is -2.33. The van der Waals surface area contributed by atoms with Gasteiger partial charge in [0.05, 0.1) is 12.9 Å². The molecule has 2 heterocycles. The van der Waals surface area contributed by atoms with Crippen molar-refractivity contribution in [3.8, 4) is 17.2 Å². The van der Waals surface area contributed by atoms with Crippen LogP contribution in [0.15, 0.2) is 65.3 Å². The second-order valence-corrected chi connectivity index (χ2v) is 8.94. The summed E-state index contributed by atoms with van der Waals surface area (Å²) in [6, 6.07) is 14.9. The Bertz CT molecular complexity index is 1190. The number of rotatable bonds is 8. The van der Waals surface area contributed by atoms with E-state index in [2.05, 4.69) is 5.32 Å². The normalized spacial score (nSPS) is 15.8. The summed E-state index contributed by atoms with van der Waals surface area (Å²) in [4.78, 5) is 29.2. The van der Waals surface area contributed by atoms with Crippen LogP contribution in [-0.2, 0) is 4.79 Å². The molecule has 2 aromatic carbocycles. The number of carbonyl (C=O) groups is 2. The molecule has 1 fully saturated rings. The van der Waals surface area contributed by atoms with E-state index in [0.717, 1.165) is 25.7 Å². The van der Waals surface area contributed by atoms with Crippen molar-refractivity contribution < 1.29 is 28.2 Å². The SMILES string of the molecule is CCOc1ccc([C@@H](C(=O)NC2CCCCC2)N(C(=O)c2ccco2)c2ccc3c(c2)OCO3)cc1. The molecule has 3 aromatic rings. The number of furan rings is 1. The van der Waals surface area contributed by atoms with Gasteiger partial charge in [0, 0.05) is 17.8 Å². The van der Waals surface area contributed by atoms with E-state index in [1.54, 1.807) is 30.3 Å². The number of fused-ring (bicyclic) bond motifs is 1. The van der Waals surface area contributed by atoms with Crippen LogP contribution in [0.2, 0.25) is 0 Å². The number of anilines is 1. The topological polar surface area (TPSA) is 90.2 Å². The molecule has 8 nitrogen and oxygen atoms in total. The molecule has 0 unspecified atom stereocenters. The maximum absolute atomic E-state index is 13.9. The summed E-state index contributed by atoms with van der Waals surface area (Å²) >= 11 is 0. The van der Waals surface area contributed by atoms with E-state index in [9.17, 15) is 9.59 Å². The Balaban J connectivity index is 1.57. The number of nitrogens with zero attached hydrogens (tertiary/aromatic N) is 1. The van der Waals surface area contributed by atoms with Crippen LogP contribution in [0.3, 0.4) is 0 Å². The van der Waals surface area contributed by atoms with Gasteiger partial charge in [0.15, 0.2) is 17.3 Å². The van der Waals surface area contributed by atoms with Crippen molar-refractivity contribution in [3.05, 3.63) is 72.2 Å². The van der Waals surface area contributed by atoms with Crippen LogP contribution < -0.4 is 24.4 Å². The van der Waals surface area contributed by atoms with Crippen molar-refractivity contribution in [3.63, 3.8) is 0 Å². The third-order valence-electron chi connectivity index (χ3n) is 6.55. The lowest BCUT2D eigenvalue weighted by Crippen LogP contribution is -2.47. The standard InChI is InChI=1S/C28H30N2O6/c1-2-33-22-13-10-19(11-14-22)26(27(31)29-20-7-4-3-5-8-20)30(28(32)24-9-6-16-34-24)21-12-15-23-25(17-21)36-18-35-23/h6,9-17,20,26H,2-5,7-8,18H2,1H3,(H,29,31)/t26-/m0/s1. The number of ether oxygens (including phenoxy) is 3. The second kappa shape index (κ2) is 10.8. The summed E-state index contributed by atoms with van der Waals surface area (Å²) < 4.78 is 22.1. The average Bonchev–Trinajstić information content (AvgIpc) is 3.60. The summed E-state index contributed by atoms with van der Waals surface area (Å²) in [5.41, 5.74) is 1.16. The smallest absolute Gasteiger partial charge is 0.294 e. The van der Waals surface area contributed by atoms with Crippen molar-refractivity contribution in [1.29, 1.82) is 0 Å². The van der Waals surface area contributed by atoms with Gasteiger partial charge in [-0.05, 0) is 61.7 Å². The highest BCUT2D eigenvalue weighted by molar-refractivity contribution is 6.08. The molecule has 5 rings (SSSR count). The van der Waals surface area contributed by atoms with Crippen LogP contribution in [0.25, 0.3) is 0 Å². The van der Waals surface area contributed by atoms with E-state index in [-0.39, 0.29) is 24.5 Å². The van der Waals surface area contributed by atoms with Gasteiger partial charge in [-0.2, -0.15) is 0 Å². The zero-order valence-electron chi connectivity index (χ0n) is 20.3. The summed E-state index contributed by atoms with van der Waals surface area (Å²) in [7, 11) is 0. The van der Waals surface area contributed by atoms with Gasteiger partial charge in [0.2, 0.25) is 12.7 Å². The number of hydrogen-bond acceptors (Lipinski definition) is 6. The zero-order valence-corrected chi connectivity index (χ0v) is 20.3. The lowest BCUT2D eigenvalue weighted by atomic mass is 9.94. The Hall–Kier alpha value is -3.94. The van der Waals surface area contributed by atoms with Crippen molar-refractivity contribution >= 4 is 17.5 Å². The third kappa shape index (κ3) is 5.03. The first kappa shape index (κ1) is 23.8. The summed E-state index contributed by atoms with van der Waals surface area (Å²) in [6.07, 6.45) is 6.63. The number of hydrogen-bond donors (Lipinski definition) is 1. The third-order valence-corrected chi connectivity index (χ3v) is 6.55. The summed E-state index contributed by atoms with van der Waals surface area (Å²) in [6.45, 7) is 2.55. The first-order valence-electron chi connectivity index (χ1n) is 12.4. The van der Waals surface area contributed by atoms with Gasteiger partial charge >= 0.3 is 0 Å². The molecular weight excluding hydrogens is 460 g/mol. The maximum Gasteiger partial charge on any atom is 0.294 e. The van der Waals surface area contributed by atoms with Gasteiger partial charge < -0.3 is 23.9 Å². The fourth-order valence-corrected chi connectivity index (χ4v) is 4.80. The molecule has 1 aromatic heterocycles. The molecule has 1 atom stereocenters. The lowest BCUT2D eigenvalue weighted by molar-refractivity contribution is -0.123. The molecule has 0 spiro atoms. The first-order chi connectivity index (χ1) is 17.6. The zero-order chi connectivity index (χ0) is 24.9. The predicted octanol–water partition coefficient (Wildman–Crippen LogP) is 5.24. The number of nitrogens with one attached hydrogen (secondary N) is 1. The Labute approximate surface area is 210 Å². The number of amides is 2. The number of carbonyl (C=O) groups excluding carboxylic acids is 2. The van der Waals surface area contributed by atoms with Crippen LogP contribution in [0.4, 0.5) is 5.69 Å². The van der Waals surface area contributed by atoms with E-state index in [0.29, 0.717) is 35.1 Å². The van der Waals surface area contributed by atoms with Gasteiger partial charge in [0.25, 0.3) is 5.91 Å². The number of benzene rings is 2. The molecule has 36 heavy (non-hydrogen) atoms. The predicted molar refractivity (Wildman–Crippen MR) is 133 cm³/mol. The van der Waals surface area contributed by atoms with Crippen molar-refractivity contribution in [1.82, 2.24) is 5.32 Å². The Morgan fingerprint density at radius 2 is 1.81 bits per heavy atom.